The van der Waals surface area contributed by atoms with E-state index in [2.05, 4.69) is 4.98 Å². The Morgan fingerprint density at radius 2 is 1.89 bits per heavy atom. The molecular formula is C21H20FNO5. The number of furan rings is 1. The lowest BCUT2D eigenvalue weighted by Gasteiger charge is -2.19. The van der Waals surface area contributed by atoms with Crippen LogP contribution in [0, 0.1) is 5.82 Å². The minimum atomic E-state index is -0.720. The van der Waals surface area contributed by atoms with Crippen LogP contribution in [-0.2, 0) is 15.9 Å². The van der Waals surface area contributed by atoms with Gasteiger partial charge in [0.15, 0.2) is 5.58 Å². The molecule has 0 N–H and O–H groups in total. The van der Waals surface area contributed by atoms with Crippen molar-refractivity contribution in [3.8, 4) is 0 Å². The molecule has 0 unspecified atom stereocenters. The molecule has 0 aliphatic rings. The predicted octanol–water partition coefficient (Wildman–Crippen LogP) is 4.30. The number of carbonyl (C=O) groups excluding carboxylic acids is 2. The van der Waals surface area contributed by atoms with Gasteiger partial charge in [-0.3, -0.25) is 0 Å². The van der Waals surface area contributed by atoms with Crippen LogP contribution >= 0.6 is 0 Å². The number of carbonyl (C=O) groups is 2. The molecule has 0 atom stereocenters. The number of pyridine rings is 1. The molecule has 6 nitrogen and oxygen atoms in total. The molecule has 3 rings (SSSR count). The van der Waals surface area contributed by atoms with Crippen molar-refractivity contribution >= 4 is 23.0 Å². The standard InChI is InChI=1S/C21H20FNO5/c1-21(2,3)28-19(24)14-6-5-12(10-15(14)22)9-13-11-17(20(25)26-4)23-16-7-8-27-18(13)16/h5-8,10-11H,9H2,1-4H3. The van der Waals surface area contributed by atoms with Gasteiger partial charge in [0.25, 0.3) is 0 Å². The van der Waals surface area contributed by atoms with Gasteiger partial charge in [-0.2, -0.15) is 0 Å². The molecule has 0 saturated heterocycles. The van der Waals surface area contributed by atoms with Crippen molar-refractivity contribution in [1.82, 2.24) is 4.98 Å². The van der Waals surface area contributed by atoms with E-state index in [0.717, 1.165) is 0 Å². The summed E-state index contributed by atoms with van der Waals surface area (Å²) in [7, 11) is 1.27. The summed E-state index contributed by atoms with van der Waals surface area (Å²) in [5.41, 5.74) is 1.55. The highest BCUT2D eigenvalue weighted by atomic mass is 19.1. The third kappa shape index (κ3) is 4.19. The van der Waals surface area contributed by atoms with Gasteiger partial charge in [0, 0.05) is 18.1 Å². The van der Waals surface area contributed by atoms with Crippen LogP contribution < -0.4 is 0 Å². The van der Waals surface area contributed by atoms with Crippen LogP contribution in [0.2, 0.25) is 0 Å². The number of fused-ring (bicyclic) bond motifs is 1. The third-order valence-electron chi connectivity index (χ3n) is 3.93. The zero-order valence-corrected chi connectivity index (χ0v) is 16.0. The SMILES string of the molecule is COC(=O)c1cc(Cc2ccc(C(=O)OC(C)(C)C)c(F)c2)c2occc2n1. The van der Waals surface area contributed by atoms with E-state index >= 15 is 0 Å². The molecular weight excluding hydrogens is 365 g/mol. The summed E-state index contributed by atoms with van der Waals surface area (Å²) in [6, 6.07) is 7.48. The molecule has 2 aromatic heterocycles. The van der Waals surface area contributed by atoms with Gasteiger partial charge in [-0.05, 0) is 44.5 Å². The monoisotopic (exact) mass is 385 g/mol. The minimum Gasteiger partial charge on any atom is -0.464 e. The van der Waals surface area contributed by atoms with Gasteiger partial charge >= 0.3 is 11.9 Å². The normalized spacial score (nSPS) is 11.5. The van der Waals surface area contributed by atoms with E-state index in [-0.39, 0.29) is 17.7 Å². The first-order chi connectivity index (χ1) is 13.2. The molecule has 0 radical (unpaired) electrons. The number of methoxy groups -OCH3 is 1. The van der Waals surface area contributed by atoms with Crippen LogP contribution in [0.25, 0.3) is 11.1 Å². The van der Waals surface area contributed by atoms with Crippen molar-refractivity contribution in [3.63, 3.8) is 0 Å². The second-order valence-electron chi connectivity index (χ2n) is 7.29. The van der Waals surface area contributed by atoms with Crippen LogP contribution in [0.3, 0.4) is 0 Å². The smallest absolute Gasteiger partial charge is 0.356 e. The number of aromatic nitrogens is 1. The predicted molar refractivity (Wildman–Crippen MR) is 99.7 cm³/mol. The van der Waals surface area contributed by atoms with E-state index in [1.54, 1.807) is 39.0 Å². The molecule has 3 aromatic rings. The molecule has 7 heteroatoms. The van der Waals surface area contributed by atoms with Crippen molar-refractivity contribution in [1.29, 1.82) is 0 Å². The zero-order chi connectivity index (χ0) is 20.5. The Bertz CT molecular complexity index is 1050. The Balaban J connectivity index is 1.92. The van der Waals surface area contributed by atoms with Crippen molar-refractivity contribution in [2.24, 2.45) is 0 Å². The fourth-order valence-corrected chi connectivity index (χ4v) is 2.75. The highest BCUT2D eigenvalue weighted by Gasteiger charge is 2.21. The maximum atomic E-state index is 14.5. The average molecular weight is 385 g/mol. The van der Waals surface area contributed by atoms with Crippen molar-refractivity contribution < 1.29 is 27.9 Å². The van der Waals surface area contributed by atoms with Gasteiger partial charge in [0.1, 0.15) is 22.6 Å². The Labute approximate surface area is 161 Å². The van der Waals surface area contributed by atoms with E-state index in [0.29, 0.717) is 22.2 Å². The molecule has 0 aliphatic heterocycles. The molecule has 1 aromatic carbocycles. The lowest BCUT2D eigenvalue weighted by atomic mass is 10.0. The van der Waals surface area contributed by atoms with Gasteiger partial charge in [-0.1, -0.05) is 6.07 Å². The molecule has 0 aliphatic carbocycles. The van der Waals surface area contributed by atoms with Gasteiger partial charge in [0.2, 0.25) is 0 Å². The first-order valence-corrected chi connectivity index (χ1v) is 8.65. The number of esters is 2. The summed E-state index contributed by atoms with van der Waals surface area (Å²) in [4.78, 5) is 28.1. The largest absolute Gasteiger partial charge is 0.464 e. The second-order valence-corrected chi connectivity index (χ2v) is 7.29. The summed E-state index contributed by atoms with van der Waals surface area (Å²) < 4.78 is 29.9. The maximum absolute atomic E-state index is 14.5. The van der Waals surface area contributed by atoms with Gasteiger partial charge in [0.05, 0.1) is 18.9 Å². The number of nitrogens with zero attached hydrogens (tertiary/aromatic N) is 1. The zero-order valence-electron chi connectivity index (χ0n) is 16.0. The molecule has 0 spiro atoms. The van der Waals surface area contributed by atoms with Crippen molar-refractivity contribution in [3.05, 3.63) is 64.8 Å². The van der Waals surface area contributed by atoms with Crippen LogP contribution in [0.1, 0.15) is 52.7 Å². The fourth-order valence-electron chi connectivity index (χ4n) is 2.75. The summed E-state index contributed by atoms with van der Waals surface area (Å²) >= 11 is 0. The minimum absolute atomic E-state index is 0.133. The molecule has 0 fully saturated rings. The van der Waals surface area contributed by atoms with Crippen LogP contribution in [-0.4, -0.2) is 29.6 Å². The highest BCUT2D eigenvalue weighted by molar-refractivity contribution is 5.91. The summed E-state index contributed by atoms with van der Waals surface area (Å²) in [5, 5.41) is 0. The lowest BCUT2D eigenvalue weighted by Crippen LogP contribution is -2.24. The summed E-state index contributed by atoms with van der Waals surface area (Å²) in [6.45, 7) is 5.15. The number of hydrogen-bond donors (Lipinski definition) is 0. The average Bonchev–Trinajstić information content (AvgIpc) is 3.08. The van der Waals surface area contributed by atoms with E-state index in [1.807, 2.05) is 0 Å². The Kier molecular flexibility index (Phi) is 5.18. The Hall–Kier alpha value is -3.22. The summed E-state index contributed by atoms with van der Waals surface area (Å²) in [6.07, 6.45) is 1.75. The Morgan fingerprint density at radius 1 is 1.14 bits per heavy atom. The van der Waals surface area contributed by atoms with E-state index in [9.17, 15) is 14.0 Å². The third-order valence-corrected chi connectivity index (χ3v) is 3.93. The van der Waals surface area contributed by atoms with Gasteiger partial charge in [-0.25, -0.2) is 19.0 Å². The first-order valence-electron chi connectivity index (χ1n) is 8.65. The molecule has 2 heterocycles. The quantitative estimate of drug-likeness (QED) is 0.623. The van der Waals surface area contributed by atoms with E-state index in [4.69, 9.17) is 13.9 Å². The molecule has 0 saturated carbocycles. The molecule has 0 amide bonds. The van der Waals surface area contributed by atoms with Crippen LogP contribution in [0.4, 0.5) is 4.39 Å². The second kappa shape index (κ2) is 7.42. The van der Waals surface area contributed by atoms with Crippen LogP contribution in [0.5, 0.6) is 0 Å². The van der Waals surface area contributed by atoms with E-state index < -0.39 is 23.4 Å². The maximum Gasteiger partial charge on any atom is 0.356 e. The number of hydrogen-bond acceptors (Lipinski definition) is 6. The van der Waals surface area contributed by atoms with Gasteiger partial charge in [-0.15, -0.1) is 0 Å². The van der Waals surface area contributed by atoms with Crippen molar-refractivity contribution in [2.75, 3.05) is 7.11 Å². The molecule has 28 heavy (non-hydrogen) atoms. The van der Waals surface area contributed by atoms with Crippen molar-refractivity contribution in [2.45, 2.75) is 32.8 Å². The number of benzene rings is 1. The van der Waals surface area contributed by atoms with Gasteiger partial charge < -0.3 is 13.9 Å². The highest BCUT2D eigenvalue weighted by Crippen LogP contribution is 2.24. The fraction of sp³-hybridized carbons (Fsp3) is 0.286. The van der Waals surface area contributed by atoms with Crippen LogP contribution in [0.15, 0.2) is 41.0 Å². The topological polar surface area (TPSA) is 78.6 Å². The van der Waals surface area contributed by atoms with E-state index in [1.165, 1.54) is 25.5 Å². The summed E-state index contributed by atoms with van der Waals surface area (Å²) in [5.74, 6) is -1.97. The molecule has 0 bridgehead atoms. The first kappa shape index (κ1) is 19.5. The Morgan fingerprint density at radius 3 is 2.54 bits per heavy atom. The number of ether oxygens (including phenoxy) is 2. The number of halogens is 1. The lowest BCUT2D eigenvalue weighted by molar-refractivity contribution is 0.00645. The number of rotatable bonds is 4. The molecule has 146 valence electrons.